The average Bonchev–Trinajstić information content (AvgIpc) is 3.84. The Kier molecular flexibility index (Phi) is 8.57. The molecule has 0 aromatic heterocycles. The normalized spacial score (nSPS) is 15.3. The molecule has 1 saturated carbocycles. The predicted octanol–water partition coefficient (Wildman–Crippen LogP) is 6.96. The Bertz CT molecular complexity index is 1470. The van der Waals surface area contributed by atoms with Crippen LogP contribution in [0.15, 0.2) is 78.4 Å². The second-order valence-electron chi connectivity index (χ2n) is 11.9. The Morgan fingerprint density at radius 3 is 2.21 bits per heavy atom. The van der Waals surface area contributed by atoms with Crippen molar-refractivity contribution in [2.45, 2.75) is 58.2 Å². The van der Waals surface area contributed by atoms with Gasteiger partial charge in [0.1, 0.15) is 5.60 Å². The number of hydrogen-bond donors (Lipinski definition) is 0. The van der Waals surface area contributed by atoms with Crippen molar-refractivity contribution in [3.05, 3.63) is 89.5 Å². The minimum Gasteiger partial charge on any atom is -0.493 e. The van der Waals surface area contributed by atoms with Gasteiger partial charge in [-0.05, 0) is 86.1 Å². The predicted molar refractivity (Wildman–Crippen MR) is 164 cm³/mol. The van der Waals surface area contributed by atoms with Crippen LogP contribution in [0.25, 0.3) is 16.7 Å². The number of nitrogens with zero attached hydrogens (tertiary/aromatic N) is 2. The molecule has 0 atom stereocenters. The SMILES string of the molecule is COc1ccc(CN(C(=O)C2=C(c3cccc(-c4ccccc4)c3)CCN(C(=O)OC(C)(C)C)C2)C2CC2)cc1OC. The van der Waals surface area contributed by atoms with Crippen LogP contribution in [0.1, 0.15) is 51.2 Å². The molecule has 0 N–H and O–H groups in total. The first-order valence-electron chi connectivity index (χ1n) is 14.5. The van der Waals surface area contributed by atoms with Gasteiger partial charge in [0, 0.05) is 24.7 Å². The number of amides is 2. The highest BCUT2D eigenvalue weighted by Crippen LogP contribution is 2.36. The molecule has 1 fully saturated rings. The van der Waals surface area contributed by atoms with Crippen LogP contribution in [0.3, 0.4) is 0 Å². The first-order chi connectivity index (χ1) is 20.2. The molecule has 2 amide bonds. The third-order valence-corrected chi connectivity index (χ3v) is 7.62. The molecule has 42 heavy (non-hydrogen) atoms. The van der Waals surface area contributed by atoms with Gasteiger partial charge in [-0.25, -0.2) is 4.79 Å². The molecule has 1 aliphatic heterocycles. The maximum absolute atomic E-state index is 14.5. The second-order valence-corrected chi connectivity index (χ2v) is 11.9. The van der Waals surface area contributed by atoms with E-state index >= 15 is 0 Å². The van der Waals surface area contributed by atoms with E-state index in [0.29, 0.717) is 36.6 Å². The smallest absolute Gasteiger partial charge is 0.410 e. The lowest BCUT2D eigenvalue weighted by atomic mass is 9.90. The standard InChI is InChI=1S/C35H40N2O5/c1-35(2,3)42-34(39)36-19-18-29(27-13-9-12-26(21-27)25-10-7-6-8-11-25)30(23-36)33(38)37(28-15-16-28)22-24-14-17-31(40-4)32(20-24)41-5/h6-14,17,20-21,28H,15-16,18-19,22-23H2,1-5H3. The van der Waals surface area contributed by atoms with Gasteiger partial charge < -0.3 is 24.0 Å². The van der Waals surface area contributed by atoms with E-state index in [1.807, 2.05) is 68.1 Å². The lowest BCUT2D eigenvalue weighted by Gasteiger charge is -2.34. The second kappa shape index (κ2) is 12.3. The summed E-state index contributed by atoms with van der Waals surface area (Å²) in [5.74, 6) is 1.24. The van der Waals surface area contributed by atoms with Crippen LogP contribution in [0.5, 0.6) is 11.5 Å². The number of ether oxygens (including phenoxy) is 3. The summed E-state index contributed by atoms with van der Waals surface area (Å²) >= 11 is 0. The van der Waals surface area contributed by atoms with Crippen molar-refractivity contribution in [1.29, 1.82) is 0 Å². The van der Waals surface area contributed by atoms with Gasteiger partial charge in [0.15, 0.2) is 11.5 Å². The highest BCUT2D eigenvalue weighted by Gasteiger charge is 2.38. The summed E-state index contributed by atoms with van der Waals surface area (Å²) < 4.78 is 16.6. The Hall–Kier alpha value is -4.26. The lowest BCUT2D eigenvalue weighted by Crippen LogP contribution is -2.44. The van der Waals surface area contributed by atoms with E-state index in [2.05, 4.69) is 30.3 Å². The number of benzene rings is 3. The average molecular weight is 569 g/mol. The van der Waals surface area contributed by atoms with Crippen LogP contribution < -0.4 is 9.47 Å². The molecule has 7 heteroatoms. The summed E-state index contributed by atoms with van der Waals surface area (Å²) in [6, 6.07) is 24.5. The summed E-state index contributed by atoms with van der Waals surface area (Å²) in [6.45, 7) is 6.69. The van der Waals surface area contributed by atoms with E-state index < -0.39 is 11.7 Å². The van der Waals surface area contributed by atoms with Crippen molar-refractivity contribution in [3.63, 3.8) is 0 Å². The van der Waals surface area contributed by atoms with Crippen molar-refractivity contribution in [1.82, 2.24) is 9.80 Å². The van der Waals surface area contributed by atoms with Gasteiger partial charge in [-0.3, -0.25) is 4.79 Å². The van der Waals surface area contributed by atoms with Crippen LogP contribution in [-0.2, 0) is 16.1 Å². The number of methoxy groups -OCH3 is 2. The van der Waals surface area contributed by atoms with Gasteiger partial charge in [-0.2, -0.15) is 0 Å². The van der Waals surface area contributed by atoms with Crippen LogP contribution in [-0.4, -0.2) is 60.8 Å². The fourth-order valence-electron chi connectivity index (χ4n) is 5.38. The first-order valence-corrected chi connectivity index (χ1v) is 14.5. The molecule has 0 bridgehead atoms. The molecule has 7 nitrogen and oxygen atoms in total. The summed E-state index contributed by atoms with van der Waals surface area (Å²) in [6.07, 6.45) is 2.08. The van der Waals surface area contributed by atoms with Crippen LogP contribution in [0, 0.1) is 0 Å². The minimum absolute atomic E-state index is 0.0411. The number of carbonyl (C=O) groups is 2. The van der Waals surface area contributed by atoms with Crippen LogP contribution in [0.2, 0.25) is 0 Å². The minimum atomic E-state index is -0.622. The van der Waals surface area contributed by atoms with Crippen molar-refractivity contribution in [3.8, 4) is 22.6 Å². The van der Waals surface area contributed by atoms with Gasteiger partial charge in [0.05, 0.1) is 20.8 Å². The molecule has 0 unspecified atom stereocenters. The summed E-state index contributed by atoms with van der Waals surface area (Å²) in [5, 5.41) is 0. The Morgan fingerprint density at radius 1 is 0.857 bits per heavy atom. The van der Waals surface area contributed by atoms with Crippen LogP contribution >= 0.6 is 0 Å². The number of rotatable bonds is 8. The first kappa shape index (κ1) is 29.2. The van der Waals surface area contributed by atoms with E-state index in [0.717, 1.165) is 40.7 Å². The number of carbonyl (C=O) groups excluding carboxylic acids is 2. The van der Waals surface area contributed by atoms with Crippen molar-refractivity contribution < 1.29 is 23.8 Å². The Morgan fingerprint density at radius 2 is 1.55 bits per heavy atom. The molecule has 220 valence electrons. The molecule has 0 radical (unpaired) electrons. The quantitative estimate of drug-likeness (QED) is 0.294. The van der Waals surface area contributed by atoms with E-state index in [1.165, 1.54) is 0 Å². The molecule has 0 saturated heterocycles. The molecule has 3 aromatic carbocycles. The molecular weight excluding hydrogens is 528 g/mol. The molecule has 0 spiro atoms. The van der Waals surface area contributed by atoms with Crippen molar-refractivity contribution in [2.75, 3.05) is 27.3 Å². The largest absolute Gasteiger partial charge is 0.493 e. The Labute approximate surface area is 248 Å². The van der Waals surface area contributed by atoms with Gasteiger partial charge in [0.2, 0.25) is 0 Å². The molecule has 1 heterocycles. The zero-order valence-corrected chi connectivity index (χ0v) is 25.2. The monoisotopic (exact) mass is 568 g/mol. The zero-order chi connectivity index (χ0) is 29.9. The van der Waals surface area contributed by atoms with E-state index in [4.69, 9.17) is 14.2 Å². The highest BCUT2D eigenvalue weighted by molar-refractivity contribution is 6.03. The molecule has 5 rings (SSSR count). The van der Waals surface area contributed by atoms with Gasteiger partial charge >= 0.3 is 6.09 Å². The van der Waals surface area contributed by atoms with E-state index in [9.17, 15) is 9.59 Å². The highest BCUT2D eigenvalue weighted by atomic mass is 16.6. The molecular formula is C35H40N2O5. The third kappa shape index (κ3) is 6.78. The maximum atomic E-state index is 14.5. The van der Waals surface area contributed by atoms with E-state index in [-0.39, 0.29) is 18.5 Å². The van der Waals surface area contributed by atoms with Crippen molar-refractivity contribution in [2.24, 2.45) is 0 Å². The maximum Gasteiger partial charge on any atom is 0.410 e. The third-order valence-electron chi connectivity index (χ3n) is 7.62. The summed E-state index contributed by atoms with van der Waals surface area (Å²) in [4.78, 5) is 31.2. The Balaban J connectivity index is 1.52. The zero-order valence-electron chi connectivity index (χ0n) is 25.2. The van der Waals surface area contributed by atoms with Gasteiger partial charge in [0.25, 0.3) is 5.91 Å². The summed E-state index contributed by atoms with van der Waals surface area (Å²) in [5.41, 5.74) is 5.17. The van der Waals surface area contributed by atoms with Crippen LogP contribution in [0.4, 0.5) is 4.79 Å². The summed E-state index contributed by atoms with van der Waals surface area (Å²) in [7, 11) is 3.22. The molecule has 3 aromatic rings. The van der Waals surface area contributed by atoms with Gasteiger partial charge in [-0.1, -0.05) is 54.6 Å². The number of hydrogen-bond acceptors (Lipinski definition) is 5. The fraction of sp³-hybridized carbons (Fsp3) is 0.371. The fourth-order valence-corrected chi connectivity index (χ4v) is 5.38. The topological polar surface area (TPSA) is 68.3 Å². The van der Waals surface area contributed by atoms with E-state index in [1.54, 1.807) is 19.1 Å². The lowest BCUT2D eigenvalue weighted by molar-refractivity contribution is -0.128. The molecule has 2 aliphatic rings. The van der Waals surface area contributed by atoms with Crippen molar-refractivity contribution >= 4 is 17.6 Å². The molecule has 1 aliphatic carbocycles. The van der Waals surface area contributed by atoms with Gasteiger partial charge in [-0.15, -0.1) is 0 Å².